The number of hydrogen-bond acceptors (Lipinski definition) is 6. The number of amides is 4. The van der Waals surface area contributed by atoms with E-state index < -0.39 is 29.2 Å². The van der Waals surface area contributed by atoms with Crippen LogP contribution in [0.5, 0.6) is 0 Å². The summed E-state index contributed by atoms with van der Waals surface area (Å²) in [5, 5.41) is 12.6. The lowest BCUT2D eigenvalue weighted by Crippen LogP contribution is -2.50. The summed E-state index contributed by atoms with van der Waals surface area (Å²) in [5.74, 6) is -1.94. The minimum atomic E-state index is -1.32. The standard InChI is InChI=1S/C29H34N6O4/c1-16(34-15-25(36)35(17(2)14-30)22-7-8-22)13-29(28(33)39)23-9-5-20(26(31)37)11-18(23)3-4-19-12-21(27(32)38)6-10-24(19)29/h5-6,9-12,16-17,22,34H,3-4,7-8,13,15H2,1-2H3,(H2,31,37)(H2,32,38)(H2,33,39)/t16-,17?/m1/s1. The van der Waals surface area contributed by atoms with Crippen molar-refractivity contribution in [2.75, 3.05) is 6.54 Å². The summed E-state index contributed by atoms with van der Waals surface area (Å²) in [7, 11) is 0. The predicted octanol–water partition coefficient (Wildman–Crippen LogP) is 1.03. The van der Waals surface area contributed by atoms with Gasteiger partial charge in [0.2, 0.25) is 23.6 Å². The van der Waals surface area contributed by atoms with Crippen LogP contribution in [0.15, 0.2) is 36.4 Å². The monoisotopic (exact) mass is 530 g/mol. The molecule has 4 rings (SSSR count). The third-order valence-electron chi connectivity index (χ3n) is 7.83. The number of hydrogen-bond donors (Lipinski definition) is 4. The Bertz CT molecular complexity index is 1310. The van der Waals surface area contributed by atoms with Crippen molar-refractivity contribution < 1.29 is 19.2 Å². The molecule has 2 aromatic carbocycles. The second kappa shape index (κ2) is 10.9. The maximum Gasteiger partial charge on any atom is 0.248 e. The van der Waals surface area contributed by atoms with Crippen LogP contribution < -0.4 is 22.5 Å². The Morgan fingerprint density at radius 2 is 1.49 bits per heavy atom. The zero-order valence-corrected chi connectivity index (χ0v) is 22.2. The van der Waals surface area contributed by atoms with Gasteiger partial charge in [0.15, 0.2) is 0 Å². The number of nitrogens with zero attached hydrogens (tertiary/aromatic N) is 2. The van der Waals surface area contributed by atoms with Crippen molar-refractivity contribution in [2.45, 2.75) is 69.5 Å². The quantitative estimate of drug-likeness (QED) is 0.355. The van der Waals surface area contributed by atoms with Gasteiger partial charge in [-0.05, 0) is 92.5 Å². The Hall–Kier alpha value is -4.23. The number of aryl methyl sites for hydroxylation is 2. The molecule has 2 aliphatic rings. The van der Waals surface area contributed by atoms with Gasteiger partial charge in [-0.25, -0.2) is 0 Å². The summed E-state index contributed by atoms with van der Waals surface area (Å²) in [4.78, 5) is 52.0. The van der Waals surface area contributed by atoms with Crippen LogP contribution in [0.2, 0.25) is 0 Å². The van der Waals surface area contributed by atoms with E-state index in [1.54, 1.807) is 48.2 Å². The van der Waals surface area contributed by atoms with Crippen molar-refractivity contribution in [1.29, 1.82) is 5.26 Å². The van der Waals surface area contributed by atoms with Gasteiger partial charge in [-0.15, -0.1) is 0 Å². The Labute approximate surface area is 227 Å². The highest BCUT2D eigenvalue weighted by atomic mass is 16.2. The Morgan fingerprint density at radius 1 is 0.974 bits per heavy atom. The molecule has 2 aliphatic carbocycles. The number of nitrogens with one attached hydrogen (secondary N) is 1. The van der Waals surface area contributed by atoms with E-state index in [-0.39, 0.29) is 31.0 Å². The van der Waals surface area contributed by atoms with Crippen molar-refractivity contribution >= 4 is 23.6 Å². The van der Waals surface area contributed by atoms with Crippen LogP contribution >= 0.6 is 0 Å². The van der Waals surface area contributed by atoms with Gasteiger partial charge in [-0.3, -0.25) is 19.2 Å². The molecule has 204 valence electrons. The zero-order valence-electron chi connectivity index (χ0n) is 22.2. The van der Waals surface area contributed by atoms with Gasteiger partial charge in [0.1, 0.15) is 11.5 Å². The van der Waals surface area contributed by atoms with Crippen molar-refractivity contribution in [2.24, 2.45) is 17.2 Å². The molecule has 0 aromatic heterocycles. The molecule has 0 aliphatic heterocycles. The molecule has 10 heteroatoms. The molecular formula is C29H34N6O4. The van der Waals surface area contributed by atoms with E-state index in [0.29, 0.717) is 35.1 Å². The number of carbonyl (C=O) groups is 4. The first-order valence-corrected chi connectivity index (χ1v) is 13.1. The smallest absolute Gasteiger partial charge is 0.248 e. The number of primary amides is 3. The van der Waals surface area contributed by atoms with E-state index >= 15 is 0 Å². The van der Waals surface area contributed by atoms with Crippen molar-refractivity contribution in [3.63, 3.8) is 0 Å². The van der Waals surface area contributed by atoms with Gasteiger partial charge in [-0.1, -0.05) is 12.1 Å². The molecule has 1 saturated carbocycles. The molecule has 1 unspecified atom stereocenters. The van der Waals surface area contributed by atoms with Gasteiger partial charge in [0, 0.05) is 23.2 Å². The summed E-state index contributed by atoms with van der Waals surface area (Å²) >= 11 is 0. The van der Waals surface area contributed by atoms with Crippen LogP contribution in [-0.4, -0.2) is 53.2 Å². The van der Waals surface area contributed by atoms with Gasteiger partial charge in [-0.2, -0.15) is 5.26 Å². The average Bonchev–Trinajstić information content (AvgIpc) is 3.74. The van der Waals surface area contributed by atoms with Gasteiger partial charge < -0.3 is 27.4 Å². The van der Waals surface area contributed by atoms with E-state index in [9.17, 15) is 24.4 Å². The second-order valence-corrected chi connectivity index (χ2v) is 10.6. The Kier molecular flexibility index (Phi) is 7.74. The molecule has 39 heavy (non-hydrogen) atoms. The topological polar surface area (TPSA) is 185 Å². The third kappa shape index (κ3) is 5.36. The molecular weight excluding hydrogens is 496 g/mol. The van der Waals surface area contributed by atoms with E-state index in [4.69, 9.17) is 17.2 Å². The fourth-order valence-corrected chi connectivity index (χ4v) is 5.78. The van der Waals surface area contributed by atoms with Gasteiger partial charge in [0.05, 0.1) is 12.6 Å². The van der Waals surface area contributed by atoms with Gasteiger partial charge >= 0.3 is 0 Å². The van der Waals surface area contributed by atoms with Crippen LogP contribution in [0.25, 0.3) is 0 Å². The molecule has 1 fully saturated rings. The van der Waals surface area contributed by atoms with E-state index in [2.05, 4.69) is 11.4 Å². The molecule has 0 bridgehead atoms. The summed E-state index contributed by atoms with van der Waals surface area (Å²) in [5.41, 5.74) is 19.4. The first kappa shape index (κ1) is 27.8. The number of carbonyl (C=O) groups excluding carboxylic acids is 4. The molecule has 0 spiro atoms. The lowest BCUT2D eigenvalue weighted by molar-refractivity contribution is -0.132. The fourth-order valence-electron chi connectivity index (χ4n) is 5.78. The minimum Gasteiger partial charge on any atom is -0.369 e. The number of benzene rings is 2. The predicted molar refractivity (Wildman–Crippen MR) is 144 cm³/mol. The molecule has 10 nitrogen and oxygen atoms in total. The lowest BCUT2D eigenvalue weighted by Gasteiger charge is -2.36. The highest BCUT2D eigenvalue weighted by Gasteiger charge is 2.46. The SMILES string of the molecule is CC(C#N)N(C(=O)CN[C@H](C)CC1(C(N)=O)c2ccc(C(N)=O)cc2CCc2cc(C(N)=O)ccc21)C1CC1. The Morgan fingerprint density at radius 3 is 1.90 bits per heavy atom. The van der Waals surface area contributed by atoms with Crippen LogP contribution in [0.3, 0.4) is 0 Å². The van der Waals surface area contributed by atoms with E-state index in [0.717, 1.165) is 24.0 Å². The van der Waals surface area contributed by atoms with E-state index in [1.165, 1.54) is 0 Å². The molecule has 7 N–H and O–H groups in total. The third-order valence-corrected chi connectivity index (χ3v) is 7.83. The minimum absolute atomic E-state index is 0.000527. The van der Waals surface area contributed by atoms with Crippen LogP contribution in [-0.2, 0) is 27.8 Å². The van der Waals surface area contributed by atoms with Crippen LogP contribution in [0.1, 0.15) is 76.1 Å². The lowest BCUT2D eigenvalue weighted by atomic mass is 9.68. The maximum atomic E-state index is 13.5. The number of nitrogens with two attached hydrogens (primary N) is 3. The van der Waals surface area contributed by atoms with Crippen molar-refractivity contribution in [3.05, 3.63) is 69.8 Å². The first-order chi connectivity index (χ1) is 18.5. The molecule has 2 aromatic rings. The van der Waals surface area contributed by atoms with Crippen LogP contribution in [0, 0.1) is 11.3 Å². The molecule has 0 saturated heterocycles. The number of fused-ring (bicyclic) bond motifs is 2. The summed E-state index contributed by atoms with van der Waals surface area (Å²) < 4.78 is 0. The average molecular weight is 531 g/mol. The fraction of sp³-hybridized carbons (Fsp3) is 0.414. The molecule has 0 radical (unpaired) electrons. The number of nitriles is 1. The highest BCUT2D eigenvalue weighted by Crippen LogP contribution is 2.43. The van der Waals surface area contributed by atoms with Crippen molar-refractivity contribution in [1.82, 2.24) is 10.2 Å². The first-order valence-electron chi connectivity index (χ1n) is 13.1. The summed E-state index contributed by atoms with van der Waals surface area (Å²) in [6.07, 6.45) is 2.95. The zero-order chi connectivity index (χ0) is 28.5. The molecule has 2 atom stereocenters. The molecule has 0 heterocycles. The largest absolute Gasteiger partial charge is 0.369 e. The molecule has 4 amide bonds. The summed E-state index contributed by atoms with van der Waals surface area (Å²) in [6.45, 7) is 3.58. The summed E-state index contributed by atoms with van der Waals surface area (Å²) in [6, 6.07) is 11.3. The second-order valence-electron chi connectivity index (χ2n) is 10.6. The highest BCUT2D eigenvalue weighted by molar-refractivity contribution is 5.96. The van der Waals surface area contributed by atoms with Crippen LogP contribution in [0.4, 0.5) is 0 Å². The van der Waals surface area contributed by atoms with E-state index in [1.807, 2.05) is 6.92 Å². The van der Waals surface area contributed by atoms with Crippen molar-refractivity contribution in [3.8, 4) is 6.07 Å². The normalized spacial score (nSPS) is 16.9. The van der Waals surface area contributed by atoms with Gasteiger partial charge in [0.25, 0.3) is 0 Å². The Balaban J connectivity index is 1.73. The number of rotatable bonds is 10. The maximum absolute atomic E-state index is 13.5.